The number of rotatable bonds is 6. The van der Waals surface area contributed by atoms with Gasteiger partial charge in [-0.3, -0.25) is 10.1 Å². The molecule has 0 unspecified atom stereocenters. The van der Waals surface area contributed by atoms with Crippen molar-refractivity contribution >= 4 is 5.69 Å². The van der Waals surface area contributed by atoms with Crippen molar-refractivity contribution in [1.29, 1.82) is 0 Å². The normalized spacial score (nSPS) is 10.1. The Morgan fingerprint density at radius 2 is 2.19 bits per heavy atom. The lowest BCUT2D eigenvalue weighted by Gasteiger charge is -2.05. The third-order valence-corrected chi connectivity index (χ3v) is 2.06. The van der Waals surface area contributed by atoms with E-state index in [4.69, 9.17) is 9.47 Å². The monoisotopic (exact) mass is 225 g/mol. The molecule has 5 heteroatoms. The van der Waals surface area contributed by atoms with Crippen molar-refractivity contribution in [1.82, 2.24) is 0 Å². The molecule has 0 saturated carbocycles. The number of nitrogens with zero attached hydrogens (tertiary/aromatic N) is 1. The second kappa shape index (κ2) is 6.07. The number of hydrogen-bond acceptors (Lipinski definition) is 4. The summed E-state index contributed by atoms with van der Waals surface area (Å²) in [4.78, 5) is 10.3. The van der Waals surface area contributed by atoms with Crippen molar-refractivity contribution in [3.8, 4) is 5.75 Å². The van der Waals surface area contributed by atoms with Crippen LogP contribution in [0.4, 0.5) is 5.69 Å². The molecule has 0 aromatic heterocycles. The van der Waals surface area contributed by atoms with Crippen LogP contribution < -0.4 is 4.74 Å². The van der Waals surface area contributed by atoms with Crippen LogP contribution in [0, 0.1) is 10.1 Å². The third kappa shape index (κ3) is 3.20. The largest absolute Gasteiger partial charge is 0.490 e. The summed E-state index contributed by atoms with van der Waals surface area (Å²) < 4.78 is 10.2. The Morgan fingerprint density at radius 1 is 1.44 bits per heavy atom. The lowest BCUT2D eigenvalue weighted by atomic mass is 10.2. The minimum atomic E-state index is -0.456. The third-order valence-electron chi connectivity index (χ3n) is 2.06. The predicted octanol–water partition coefficient (Wildman–Crippen LogP) is 2.53. The predicted molar refractivity (Wildman–Crippen MR) is 59.6 cm³/mol. The fourth-order valence-electron chi connectivity index (χ4n) is 1.30. The fraction of sp³-hybridized carbons (Fsp3) is 0.455. The Labute approximate surface area is 94.1 Å². The number of benzene rings is 1. The first kappa shape index (κ1) is 12.4. The van der Waals surface area contributed by atoms with E-state index in [0.29, 0.717) is 13.2 Å². The highest BCUT2D eigenvalue weighted by Crippen LogP contribution is 2.27. The maximum atomic E-state index is 10.7. The Hall–Kier alpha value is -1.62. The molecule has 0 saturated heterocycles. The molecule has 0 radical (unpaired) electrons. The smallest absolute Gasteiger partial charge is 0.311 e. The summed E-state index contributed by atoms with van der Waals surface area (Å²) in [5.41, 5.74) is 0.751. The van der Waals surface area contributed by atoms with Crippen molar-refractivity contribution in [3.63, 3.8) is 0 Å². The maximum Gasteiger partial charge on any atom is 0.311 e. The summed E-state index contributed by atoms with van der Waals surface area (Å²) in [6.07, 6.45) is 0.929. The molecule has 88 valence electrons. The Balaban J connectivity index is 2.81. The highest BCUT2D eigenvalue weighted by molar-refractivity contribution is 5.48. The van der Waals surface area contributed by atoms with Gasteiger partial charge in [-0.15, -0.1) is 0 Å². The maximum absolute atomic E-state index is 10.7. The number of nitro benzene ring substituents is 1. The molecule has 16 heavy (non-hydrogen) atoms. The zero-order valence-corrected chi connectivity index (χ0v) is 9.43. The number of hydrogen-bond donors (Lipinski definition) is 0. The number of methoxy groups -OCH3 is 1. The van der Waals surface area contributed by atoms with Crippen LogP contribution in [0.25, 0.3) is 0 Å². The van der Waals surface area contributed by atoms with Gasteiger partial charge in [-0.25, -0.2) is 0 Å². The van der Waals surface area contributed by atoms with Crippen molar-refractivity contribution in [2.75, 3.05) is 13.7 Å². The lowest BCUT2D eigenvalue weighted by molar-refractivity contribution is -0.385. The van der Waals surface area contributed by atoms with E-state index in [1.807, 2.05) is 6.92 Å². The SMILES string of the molecule is CCCOCc1ccc(OC)c([N+](=O)[O-])c1. The zero-order valence-electron chi connectivity index (χ0n) is 9.43. The molecule has 1 aromatic rings. The van der Waals surface area contributed by atoms with Gasteiger partial charge in [-0.05, 0) is 18.1 Å². The van der Waals surface area contributed by atoms with E-state index in [1.54, 1.807) is 12.1 Å². The summed E-state index contributed by atoms with van der Waals surface area (Å²) in [6, 6.07) is 4.83. The molecular formula is C11H15NO4. The van der Waals surface area contributed by atoms with E-state index in [9.17, 15) is 10.1 Å². The van der Waals surface area contributed by atoms with Crippen molar-refractivity contribution in [2.45, 2.75) is 20.0 Å². The molecule has 1 aromatic carbocycles. The molecule has 0 heterocycles. The number of ether oxygens (including phenoxy) is 2. The van der Waals surface area contributed by atoms with E-state index in [1.165, 1.54) is 13.2 Å². The molecule has 0 atom stereocenters. The van der Waals surface area contributed by atoms with Gasteiger partial charge in [-0.1, -0.05) is 13.0 Å². The highest BCUT2D eigenvalue weighted by Gasteiger charge is 2.14. The molecule has 0 amide bonds. The molecule has 0 aliphatic rings. The molecule has 5 nitrogen and oxygen atoms in total. The second-order valence-corrected chi connectivity index (χ2v) is 3.32. The molecule has 0 N–H and O–H groups in total. The first-order valence-electron chi connectivity index (χ1n) is 5.08. The topological polar surface area (TPSA) is 61.6 Å². The van der Waals surface area contributed by atoms with Crippen LogP contribution in [0.1, 0.15) is 18.9 Å². The first-order valence-corrected chi connectivity index (χ1v) is 5.08. The molecule has 0 aliphatic carbocycles. The summed E-state index contributed by atoms with van der Waals surface area (Å²) in [7, 11) is 1.41. The standard InChI is InChI=1S/C11H15NO4/c1-3-6-16-8-9-4-5-11(15-2)10(7-9)12(13)14/h4-5,7H,3,6,8H2,1-2H3. The van der Waals surface area contributed by atoms with E-state index < -0.39 is 4.92 Å². The van der Waals surface area contributed by atoms with Crippen molar-refractivity contribution in [2.24, 2.45) is 0 Å². The quantitative estimate of drug-likeness (QED) is 0.424. The Kier molecular flexibility index (Phi) is 4.72. The van der Waals surface area contributed by atoms with Crippen LogP contribution in [-0.4, -0.2) is 18.6 Å². The summed E-state index contributed by atoms with van der Waals surface area (Å²) in [6.45, 7) is 3.05. The van der Waals surface area contributed by atoms with Gasteiger partial charge in [0, 0.05) is 12.7 Å². The molecule has 0 bridgehead atoms. The molecular weight excluding hydrogens is 210 g/mol. The van der Waals surface area contributed by atoms with Gasteiger partial charge in [0.25, 0.3) is 0 Å². The average molecular weight is 225 g/mol. The summed E-state index contributed by atoms with van der Waals surface area (Å²) >= 11 is 0. The van der Waals surface area contributed by atoms with Gasteiger partial charge < -0.3 is 9.47 Å². The van der Waals surface area contributed by atoms with Gasteiger partial charge in [0.15, 0.2) is 5.75 Å². The van der Waals surface area contributed by atoms with Crippen LogP contribution >= 0.6 is 0 Å². The Morgan fingerprint density at radius 3 is 2.75 bits per heavy atom. The van der Waals surface area contributed by atoms with Gasteiger partial charge in [0.2, 0.25) is 0 Å². The second-order valence-electron chi connectivity index (χ2n) is 3.32. The van der Waals surface area contributed by atoms with Crippen molar-refractivity contribution < 1.29 is 14.4 Å². The molecule has 0 aliphatic heterocycles. The van der Waals surface area contributed by atoms with E-state index in [2.05, 4.69) is 0 Å². The molecule has 0 fully saturated rings. The van der Waals surface area contributed by atoms with E-state index in [0.717, 1.165) is 12.0 Å². The summed E-state index contributed by atoms with van der Waals surface area (Å²) in [5.74, 6) is 0.268. The fourth-order valence-corrected chi connectivity index (χ4v) is 1.30. The molecule has 0 spiro atoms. The Bertz CT molecular complexity index is 365. The van der Waals surface area contributed by atoms with Crippen molar-refractivity contribution in [3.05, 3.63) is 33.9 Å². The molecule has 1 rings (SSSR count). The van der Waals surface area contributed by atoms with Crippen LogP contribution in [-0.2, 0) is 11.3 Å². The number of nitro groups is 1. The lowest BCUT2D eigenvalue weighted by Crippen LogP contribution is -1.98. The minimum Gasteiger partial charge on any atom is -0.490 e. The van der Waals surface area contributed by atoms with E-state index >= 15 is 0 Å². The summed E-state index contributed by atoms with van der Waals surface area (Å²) in [5, 5.41) is 10.7. The van der Waals surface area contributed by atoms with Gasteiger partial charge >= 0.3 is 5.69 Å². The van der Waals surface area contributed by atoms with Crippen LogP contribution in [0.15, 0.2) is 18.2 Å². The van der Waals surface area contributed by atoms with Gasteiger partial charge in [0.05, 0.1) is 18.6 Å². The van der Waals surface area contributed by atoms with E-state index in [-0.39, 0.29) is 11.4 Å². The minimum absolute atomic E-state index is 0.0277. The average Bonchev–Trinajstić information content (AvgIpc) is 2.29. The van der Waals surface area contributed by atoms with Gasteiger partial charge in [0.1, 0.15) is 0 Å². The van der Waals surface area contributed by atoms with Crippen LogP contribution in [0.5, 0.6) is 5.75 Å². The highest BCUT2D eigenvalue weighted by atomic mass is 16.6. The van der Waals surface area contributed by atoms with Gasteiger partial charge in [-0.2, -0.15) is 0 Å². The van der Waals surface area contributed by atoms with Crippen LogP contribution in [0.2, 0.25) is 0 Å². The first-order chi connectivity index (χ1) is 7.69. The van der Waals surface area contributed by atoms with Crippen LogP contribution in [0.3, 0.4) is 0 Å². The zero-order chi connectivity index (χ0) is 12.0.